The topological polar surface area (TPSA) is 49.4 Å². The number of halogens is 1. The highest BCUT2D eigenvalue weighted by Crippen LogP contribution is 2.38. The fourth-order valence-corrected chi connectivity index (χ4v) is 4.78. The fraction of sp³-hybridized carbons (Fsp3) is 0.579. The van der Waals surface area contributed by atoms with Crippen LogP contribution in [-0.2, 0) is 9.59 Å². The number of fused-ring (bicyclic) bond motifs is 1. The van der Waals surface area contributed by atoms with Crippen LogP contribution in [0.15, 0.2) is 23.1 Å². The quantitative estimate of drug-likeness (QED) is 0.842. The summed E-state index contributed by atoms with van der Waals surface area (Å²) in [5.41, 5.74) is 0.619. The number of carbonyl (C=O) groups is 2. The normalized spacial score (nSPS) is 23.3. The summed E-state index contributed by atoms with van der Waals surface area (Å²) < 4.78 is 0. The number of amides is 2. The van der Waals surface area contributed by atoms with Crippen LogP contribution >= 0.6 is 23.4 Å². The summed E-state index contributed by atoms with van der Waals surface area (Å²) in [5.74, 6) is 0.972. The van der Waals surface area contributed by atoms with Gasteiger partial charge in [0.05, 0.1) is 6.04 Å². The summed E-state index contributed by atoms with van der Waals surface area (Å²) in [4.78, 5) is 28.5. The Morgan fingerprint density at radius 3 is 2.76 bits per heavy atom. The molecule has 2 amide bonds. The molecule has 2 aliphatic rings. The summed E-state index contributed by atoms with van der Waals surface area (Å²) in [5, 5.41) is 3.86. The van der Waals surface area contributed by atoms with Gasteiger partial charge in [0.1, 0.15) is 6.04 Å². The van der Waals surface area contributed by atoms with Gasteiger partial charge in [0, 0.05) is 27.6 Å². The summed E-state index contributed by atoms with van der Waals surface area (Å²) >= 11 is 7.94. The molecule has 1 saturated heterocycles. The molecular formula is C19H25ClN2O2S. The van der Waals surface area contributed by atoms with Crippen LogP contribution in [-0.4, -0.2) is 35.1 Å². The van der Waals surface area contributed by atoms with Crippen LogP contribution < -0.4 is 5.32 Å². The van der Waals surface area contributed by atoms with E-state index in [2.05, 4.69) is 5.32 Å². The Bertz CT molecular complexity index is 686. The highest BCUT2D eigenvalue weighted by atomic mass is 35.5. The molecule has 1 fully saturated rings. The van der Waals surface area contributed by atoms with E-state index < -0.39 is 5.41 Å². The van der Waals surface area contributed by atoms with Gasteiger partial charge >= 0.3 is 0 Å². The number of hydrogen-bond donors (Lipinski definition) is 1. The highest BCUT2D eigenvalue weighted by molar-refractivity contribution is 7.99. The molecule has 4 nitrogen and oxygen atoms in total. The second-order valence-corrected chi connectivity index (χ2v) is 9.36. The molecule has 0 unspecified atom stereocenters. The summed E-state index contributed by atoms with van der Waals surface area (Å²) in [6, 6.07) is 5.46. The van der Waals surface area contributed by atoms with Crippen LogP contribution in [0.4, 0.5) is 0 Å². The summed E-state index contributed by atoms with van der Waals surface area (Å²) in [6.07, 6.45) is 2.49. The van der Waals surface area contributed by atoms with Crippen LogP contribution in [0.3, 0.4) is 0 Å². The summed E-state index contributed by atoms with van der Waals surface area (Å²) in [7, 11) is 0. The van der Waals surface area contributed by atoms with E-state index in [9.17, 15) is 9.59 Å². The lowest BCUT2D eigenvalue weighted by molar-refractivity contribution is -0.144. The first kappa shape index (κ1) is 18.6. The van der Waals surface area contributed by atoms with Gasteiger partial charge in [-0.3, -0.25) is 9.59 Å². The minimum atomic E-state index is -0.468. The molecule has 0 radical (unpaired) electrons. The van der Waals surface area contributed by atoms with Crippen molar-refractivity contribution in [2.75, 3.05) is 12.3 Å². The molecule has 25 heavy (non-hydrogen) atoms. The molecule has 6 heteroatoms. The maximum atomic E-state index is 12.9. The third-order valence-electron chi connectivity index (χ3n) is 4.79. The number of hydrogen-bond acceptors (Lipinski definition) is 3. The van der Waals surface area contributed by atoms with E-state index in [4.69, 9.17) is 11.6 Å². The van der Waals surface area contributed by atoms with Gasteiger partial charge in [0.2, 0.25) is 11.8 Å². The predicted octanol–water partition coefficient (Wildman–Crippen LogP) is 4.03. The predicted molar refractivity (Wildman–Crippen MR) is 102 cm³/mol. The van der Waals surface area contributed by atoms with Crippen molar-refractivity contribution in [3.63, 3.8) is 0 Å². The smallest absolute Gasteiger partial charge is 0.243 e. The average Bonchev–Trinajstić information content (AvgIpc) is 3.03. The Morgan fingerprint density at radius 2 is 2.04 bits per heavy atom. The maximum Gasteiger partial charge on any atom is 0.243 e. The monoisotopic (exact) mass is 380 g/mol. The molecule has 2 aliphatic heterocycles. The van der Waals surface area contributed by atoms with E-state index in [1.807, 2.05) is 39.0 Å². The van der Waals surface area contributed by atoms with E-state index in [0.717, 1.165) is 30.6 Å². The molecule has 0 spiro atoms. The van der Waals surface area contributed by atoms with Crippen LogP contribution in [0.5, 0.6) is 0 Å². The first-order valence-corrected chi connectivity index (χ1v) is 10.2. The number of carbonyl (C=O) groups excluding carboxylic acids is 2. The molecule has 3 rings (SSSR count). The number of rotatable bonds is 2. The Hall–Kier alpha value is -1.20. The van der Waals surface area contributed by atoms with E-state index in [0.29, 0.717) is 11.6 Å². The van der Waals surface area contributed by atoms with E-state index in [-0.39, 0.29) is 23.9 Å². The lowest BCUT2D eigenvalue weighted by Gasteiger charge is -2.32. The second-order valence-electron chi connectivity index (χ2n) is 7.79. The number of benzene rings is 1. The van der Waals surface area contributed by atoms with Gasteiger partial charge in [-0.2, -0.15) is 0 Å². The third-order valence-corrected chi connectivity index (χ3v) is 6.14. The lowest BCUT2D eigenvalue weighted by Crippen LogP contribution is -2.50. The van der Waals surface area contributed by atoms with Crippen molar-refractivity contribution in [2.45, 2.75) is 57.0 Å². The zero-order valence-electron chi connectivity index (χ0n) is 15.0. The molecule has 0 aliphatic carbocycles. The number of likely N-dealkylation sites (tertiary alicyclic amines) is 1. The Labute approximate surface area is 158 Å². The standard InChI is InChI=1S/C19H25ClN2O2S/c1-19(2,3)18(24)22-9-4-5-15(22)17(23)21-14-8-10-25-16-7-6-12(20)11-13(14)16/h6-7,11,14-15H,4-5,8-10H2,1-3H3,(H,21,23)/t14-,15+/m0/s1. The van der Waals surface area contributed by atoms with E-state index in [1.165, 1.54) is 4.90 Å². The maximum absolute atomic E-state index is 12.9. The van der Waals surface area contributed by atoms with Crippen molar-refractivity contribution in [2.24, 2.45) is 5.41 Å². The highest BCUT2D eigenvalue weighted by Gasteiger charge is 2.39. The minimum absolute atomic E-state index is 0.0327. The molecular weight excluding hydrogens is 356 g/mol. The first-order chi connectivity index (χ1) is 11.8. The first-order valence-electron chi connectivity index (χ1n) is 8.81. The van der Waals surface area contributed by atoms with Crippen molar-refractivity contribution in [1.29, 1.82) is 0 Å². The van der Waals surface area contributed by atoms with Crippen molar-refractivity contribution in [3.8, 4) is 0 Å². The van der Waals surface area contributed by atoms with Crippen molar-refractivity contribution < 1.29 is 9.59 Å². The zero-order valence-corrected chi connectivity index (χ0v) is 16.5. The number of nitrogens with zero attached hydrogens (tertiary/aromatic N) is 1. The van der Waals surface area contributed by atoms with Crippen LogP contribution in [0.25, 0.3) is 0 Å². The minimum Gasteiger partial charge on any atom is -0.347 e. The molecule has 2 heterocycles. The van der Waals surface area contributed by atoms with Gasteiger partial charge in [0.15, 0.2) is 0 Å². The Balaban J connectivity index is 1.75. The second kappa shape index (κ2) is 7.20. The molecule has 1 aromatic rings. The van der Waals surface area contributed by atoms with Gasteiger partial charge in [-0.25, -0.2) is 0 Å². The molecule has 1 aromatic carbocycles. The molecule has 136 valence electrons. The SMILES string of the molecule is CC(C)(C)C(=O)N1CCC[C@@H]1C(=O)N[C@H]1CCSc2ccc(Cl)cc21. The van der Waals surface area contributed by atoms with Crippen molar-refractivity contribution in [3.05, 3.63) is 28.8 Å². The van der Waals surface area contributed by atoms with Gasteiger partial charge in [-0.1, -0.05) is 32.4 Å². The largest absolute Gasteiger partial charge is 0.347 e. The summed E-state index contributed by atoms with van der Waals surface area (Å²) in [6.45, 7) is 6.37. The Kier molecular flexibility index (Phi) is 5.35. The molecule has 0 aromatic heterocycles. The van der Waals surface area contributed by atoms with Gasteiger partial charge in [0.25, 0.3) is 0 Å². The molecule has 1 N–H and O–H groups in total. The van der Waals surface area contributed by atoms with Crippen molar-refractivity contribution in [1.82, 2.24) is 10.2 Å². The molecule has 0 bridgehead atoms. The van der Waals surface area contributed by atoms with Crippen LogP contribution in [0, 0.1) is 5.41 Å². The average molecular weight is 381 g/mol. The van der Waals surface area contributed by atoms with E-state index >= 15 is 0 Å². The van der Waals surface area contributed by atoms with Crippen molar-refractivity contribution >= 4 is 35.2 Å². The number of nitrogens with one attached hydrogen (secondary N) is 1. The molecule has 2 atom stereocenters. The van der Waals surface area contributed by atoms with Gasteiger partial charge in [-0.05, 0) is 43.0 Å². The molecule has 0 saturated carbocycles. The third kappa shape index (κ3) is 3.98. The van der Waals surface area contributed by atoms with Gasteiger partial charge < -0.3 is 10.2 Å². The van der Waals surface area contributed by atoms with Crippen LogP contribution in [0.1, 0.15) is 51.6 Å². The lowest BCUT2D eigenvalue weighted by atomic mass is 9.94. The van der Waals surface area contributed by atoms with Gasteiger partial charge in [-0.15, -0.1) is 11.8 Å². The Morgan fingerprint density at radius 1 is 1.28 bits per heavy atom. The van der Waals surface area contributed by atoms with E-state index in [1.54, 1.807) is 16.7 Å². The fourth-order valence-electron chi connectivity index (χ4n) is 3.50. The number of thioether (sulfide) groups is 1. The zero-order chi connectivity index (χ0) is 18.2. The van der Waals surface area contributed by atoms with Crippen LogP contribution in [0.2, 0.25) is 5.02 Å².